The molecule has 156 valence electrons. The molecular formula is C23H19ClFN5O. The molecule has 1 aromatic carbocycles. The van der Waals surface area contributed by atoms with Crippen LogP contribution >= 0.6 is 11.6 Å². The molecule has 3 aromatic heterocycles. The number of pyridine rings is 2. The van der Waals surface area contributed by atoms with E-state index in [4.69, 9.17) is 11.6 Å². The lowest BCUT2D eigenvalue weighted by Gasteiger charge is -2.11. The smallest absolute Gasteiger partial charge is 0.270 e. The maximum absolute atomic E-state index is 13.5. The van der Waals surface area contributed by atoms with E-state index in [9.17, 15) is 9.18 Å². The SMILES string of the molecule is Cc1cccc(CNC(=O)c2cc(Cn3ccnc3)cc(-c3ccc(F)cc3Cl)n2)n1. The topological polar surface area (TPSA) is 72.7 Å². The zero-order chi connectivity index (χ0) is 21.8. The van der Waals surface area contributed by atoms with Crippen LogP contribution in [0.3, 0.4) is 0 Å². The van der Waals surface area contributed by atoms with Gasteiger partial charge in [0.05, 0.1) is 29.3 Å². The summed E-state index contributed by atoms with van der Waals surface area (Å²) in [5.41, 5.74) is 3.74. The molecule has 4 rings (SSSR count). The Kier molecular flexibility index (Phi) is 6.04. The van der Waals surface area contributed by atoms with Gasteiger partial charge in [0.25, 0.3) is 5.91 Å². The third kappa shape index (κ3) is 5.13. The summed E-state index contributed by atoms with van der Waals surface area (Å²) in [5, 5.41) is 3.08. The number of nitrogens with zero attached hydrogens (tertiary/aromatic N) is 4. The van der Waals surface area contributed by atoms with Crippen LogP contribution in [-0.4, -0.2) is 25.4 Å². The maximum Gasteiger partial charge on any atom is 0.270 e. The van der Waals surface area contributed by atoms with Gasteiger partial charge in [0.1, 0.15) is 11.5 Å². The first-order valence-electron chi connectivity index (χ1n) is 9.61. The third-order valence-corrected chi connectivity index (χ3v) is 4.94. The van der Waals surface area contributed by atoms with Crippen molar-refractivity contribution >= 4 is 17.5 Å². The fraction of sp³-hybridized carbons (Fsp3) is 0.130. The minimum atomic E-state index is -0.438. The average molecular weight is 436 g/mol. The highest BCUT2D eigenvalue weighted by Gasteiger charge is 2.14. The first-order chi connectivity index (χ1) is 15.0. The van der Waals surface area contributed by atoms with Crippen molar-refractivity contribution in [2.45, 2.75) is 20.0 Å². The Morgan fingerprint density at radius 1 is 1.16 bits per heavy atom. The van der Waals surface area contributed by atoms with Gasteiger partial charge in [-0.15, -0.1) is 0 Å². The van der Waals surface area contributed by atoms with E-state index in [-0.39, 0.29) is 23.2 Å². The van der Waals surface area contributed by atoms with Crippen LogP contribution in [0.15, 0.2) is 67.3 Å². The van der Waals surface area contributed by atoms with E-state index in [1.807, 2.05) is 42.0 Å². The number of rotatable bonds is 6. The molecule has 0 aliphatic rings. The van der Waals surface area contributed by atoms with Gasteiger partial charge < -0.3 is 9.88 Å². The molecule has 1 amide bonds. The van der Waals surface area contributed by atoms with E-state index in [1.54, 1.807) is 24.7 Å². The van der Waals surface area contributed by atoms with Gasteiger partial charge in [-0.1, -0.05) is 17.7 Å². The molecule has 8 heteroatoms. The Labute approximate surface area is 183 Å². The predicted octanol–water partition coefficient (Wildman–Crippen LogP) is 4.42. The summed E-state index contributed by atoms with van der Waals surface area (Å²) in [5.74, 6) is -0.776. The highest BCUT2D eigenvalue weighted by Crippen LogP contribution is 2.28. The van der Waals surface area contributed by atoms with Crippen molar-refractivity contribution < 1.29 is 9.18 Å². The van der Waals surface area contributed by atoms with Crippen LogP contribution in [0.25, 0.3) is 11.3 Å². The van der Waals surface area contributed by atoms with Crippen LogP contribution in [0.1, 0.15) is 27.4 Å². The molecule has 0 aliphatic carbocycles. The number of aromatic nitrogens is 4. The zero-order valence-corrected chi connectivity index (χ0v) is 17.5. The first-order valence-corrected chi connectivity index (χ1v) is 9.98. The fourth-order valence-corrected chi connectivity index (χ4v) is 3.44. The van der Waals surface area contributed by atoms with Crippen molar-refractivity contribution in [2.24, 2.45) is 0 Å². The maximum atomic E-state index is 13.5. The highest BCUT2D eigenvalue weighted by atomic mass is 35.5. The number of amides is 1. The van der Waals surface area contributed by atoms with Crippen LogP contribution < -0.4 is 5.32 Å². The molecular weight excluding hydrogens is 417 g/mol. The van der Waals surface area contributed by atoms with Gasteiger partial charge in [-0.25, -0.2) is 14.4 Å². The normalized spacial score (nSPS) is 10.8. The van der Waals surface area contributed by atoms with Crippen LogP contribution in [-0.2, 0) is 13.1 Å². The van der Waals surface area contributed by atoms with Gasteiger partial charge in [-0.2, -0.15) is 0 Å². The van der Waals surface area contributed by atoms with Crippen LogP contribution in [0.5, 0.6) is 0 Å². The first kappa shape index (κ1) is 20.7. The monoisotopic (exact) mass is 435 g/mol. The Balaban J connectivity index is 1.65. The molecule has 6 nitrogen and oxygen atoms in total. The summed E-state index contributed by atoms with van der Waals surface area (Å²) in [7, 11) is 0. The molecule has 0 fully saturated rings. The van der Waals surface area contributed by atoms with Crippen molar-refractivity contribution in [2.75, 3.05) is 0 Å². The van der Waals surface area contributed by atoms with Crippen LogP contribution in [0.2, 0.25) is 5.02 Å². The quantitative estimate of drug-likeness (QED) is 0.486. The predicted molar refractivity (Wildman–Crippen MR) is 116 cm³/mol. The molecule has 0 aliphatic heterocycles. The number of carbonyl (C=O) groups excluding carboxylic acids is 1. The number of halogens is 2. The molecule has 0 unspecified atom stereocenters. The number of aryl methyl sites for hydroxylation is 1. The highest BCUT2D eigenvalue weighted by molar-refractivity contribution is 6.33. The van der Waals surface area contributed by atoms with E-state index in [2.05, 4.69) is 20.3 Å². The molecule has 0 spiro atoms. The minimum Gasteiger partial charge on any atom is -0.345 e. The summed E-state index contributed by atoms with van der Waals surface area (Å²) >= 11 is 6.24. The standard InChI is InChI=1S/C23H19ClFN5O/c1-15-3-2-4-18(28-15)12-27-23(31)22-10-16(13-30-8-7-26-14-30)9-21(29-22)19-6-5-17(25)11-20(19)24/h2-11,14H,12-13H2,1H3,(H,27,31). The second-order valence-electron chi connectivity index (χ2n) is 7.06. The van der Waals surface area contributed by atoms with E-state index in [1.165, 1.54) is 12.1 Å². The second-order valence-corrected chi connectivity index (χ2v) is 7.47. The van der Waals surface area contributed by atoms with Crippen molar-refractivity contribution in [1.29, 1.82) is 0 Å². The van der Waals surface area contributed by atoms with Gasteiger partial charge in [0, 0.05) is 30.2 Å². The van der Waals surface area contributed by atoms with Gasteiger partial charge in [-0.3, -0.25) is 9.78 Å². The van der Waals surface area contributed by atoms with Crippen molar-refractivity contribution in [3.8, 4) is 11.3 Å². The molecule has 0 bridgehead atoms. The Bertz CT molecular complexity index is 1230. The minimum absolute atomic E-state index is 0.225. The molecule has 3 heterocycles. The summed E-state index contributed by atoms with van der Waals surface area (Å²) < 4.78 is 15.4. The number of benzene rings is 1. The Morgan fingerprint density at radius 3 is 2.77 bits per heavy atom. The summed E-state index contributed by atoms with van der Waals surface area (Å²) in [6.45, 7) is 2.67. The molecule has 31 heavy (non-hydrogen) atoms. The number of nitrogens with one attached hydrogen (secondary N) is 1. The lowest BCUT2D eigenvalue weighted by atomic mass is 10.1. The zero-order valence-electron chi connectivity index (χ0n) is 16.7. The summed E-state index contributed by atoms with van der Waals surface area (Å²) in [4.78, 5) is 25.8. The van der Waals surface area contributed by atoms with Crippen LogP contribution in [0, 0.1) is 12.7 Å². The summed E-state index contributed by atoms with van der Waals surface area (Å²) in [6, 6.07) is 13.3. The number of carbonyl (C=O) groups is 1. The van der Waals surface area contributed by atoms with E-state index in [0.29, 0.717) is 17.8 Å². The fourth-order valence-electron chi connectivity index (χ4n) is 3.18. The molecule has 0 saturated heterocycles. The van der Waals surface area contributed by atoms with Gasteiger partial charge in [-0.05, 0) is 55.0 Å². The van der Waals surface area contributed by atoms with Gasteiger partial charge >= 0.3 is 0 Å². The lowest BCUT2D eigenvalue weighted by Crippen LogP contribution is -2.24. The number of imidazole rings is 1. The second kappa shape index (κ2) is 9.06. The van der Waals surface area contributed by atoms with Crippen molar-refractivity contribution in [1.82, 2.24) is 24.8 Å². The van der Waals surface area contributed by atoms with E-state index < -0.39 is 5.82 Å². The Morgan fingerprint density at radius 2 is 2.03 bits per heavy atom. The summed E-state index contributed by atoms with van der Waals surface area (Å²) in [6.07, 6.45) is 5.20. The van der Waals surface area contributed by atoms with Crippen molar-refractivity contribution in [3.05, 3.63) is 101 Å². The third-order valence-electron chi connectivity index (χ3n) is 4.63. The average Bonchev–Trinajstić information content (AvgIpc) is 3.25. The van der Waals surface area contributed by atoms with E-state index >= 15 is 0 Å². The molecule has 4 aromatic rings. The van der Waals surface area contributed by atoms with E-state index in [0.717, 1.165) is 17.0 Å². The van der Waals surface area contributed by atoms with Gasteiger partial charge in [0.15, 0.2) is 0 Å². The lowest BCUT2D eigenvalue weighted by molar-refractivity contribution is 0.0945. The number of hydrogen-bond donors (Lipinski definition) is 1. The molecule has 0 radical (unpaired) electrons. The largest absolute Gasteiger partial charge is 0.345 e. The molecule has 0 atom stereocenters. The van der Waals surface area contributed by atoms with Crippen LogP contribution in [0.4, 0.5) is 4.39 Å². The van der Waals surface area contributed by atoms with Gasteiger partial charge in [0.2, 0.25) is 0 Å². The Hall–Kier alpha value is -3.58. The number of hydrogen-bond acceptors (Lipinski definition) is 4. The molecule has 1 N–H and O–H groups in total. The molecule has 0 saturated carbocycles. The van der Waals surface area contributed by atoms with Crippen molar-refractivity contribution in [3.63, 3.8) is 0 Å².